The number of ketones is 2. The van der Waals surface area contributed by atoms with Crippen LogP contribution in [-0.4, -0.2) is 36.2 Å². The van der Waals surface area contributed by atoms with Crippen LogP contribution in [0.3, 0.4) is 0 Å². The van der Waals surface area contributed by atoms with Crippen molar-refractivity contribution in [1.82, 2.24) is 0 Å². The summed E-state index contributed by atoms with van der Waals surface area (Å²) in [6, 6.07) is 11.6. The first-order valence-electron chi connectivity index (χ1n) is 8.36. The number of rotatable bonds is 7. The molecule has 0 fully saturated rings. The zero-order valence-electron chi connectivity index (χ0n) is 15.1. The van der Waals surface area contributed by atoms with Gasteiger partial charge >= 0.3 is 18.1 Å². The summed E-state index contributed by atoms with van der Waals surface area (Å²) in [7, 11) is 0. The van der Waals surface area contributed by atoms with Gasteiger partial charge in [0.05, 0.1) is 18.6 Å². The number of carbonyl (C=O) groups excluding carboxylic acids is 3. The molecule has 0 N–H and O–H groups in total. The van der Waals surface area contributed by atoms with E-state index in [1.54, 1.807) is 19.1 Å². The molecular formula is C20H15F5O4. The highest BCUT2D eigenvalue weighted by atomic mass is 19.4. The molecule has 29 heavy (non-hydrogen) atoms. The lowest BCUT2D eigenvalue weighted by atomic mass is 9.98. The number of halogens is 5. The maximum atomic E-state index is 13.0. The Morgan fingerprint density at radius 2 is 1.24 bits per heavy atom. The highest BCUT2D eigenvalue weighted by Gasteiger charge is 2.62. The second-order valence-electron chi connectivity index (χ2n) is 5.97. The van der Waals surface area contributed by atoms with Crippen molar-refractivity contribution in [2.75, 3.05) is 6.61 Å². The molecule has 154 valence electrons. The van der Waals surface area contributed by atoms with Gasteiger partial charge in [-0.15, -0.1) is 0 Å². The van der Waals surface area contributed by atoms with E-state index in [9.17, 15) is 36.3 Å². The minimum Gasteiger partial charge on any atom is -0.462 e. The van der Waals surface area contributed by atoms with Gasteiger partial charge in [0.2, 0.25) is 5.78 Å². The van der Waals surface area contributed by atoms with Gasteiger partial charge < -0.3 is 4.74 Å². The maximum absolute atomic E-state index is 13.0. The molecule has 4 nitrogen and oxygen atoms in total. The second-order valence-corrected chi connectivity index (χ2v) is 5.97. The molecule has 0 unspecified atom stereocenters. The Bertz CT molecular complexity index is 900. The predicted molar refractivity (Wildman–Crippen MR) is 92.8 cm³/mol. The van der Waals surface area contributed by atoms with Crippen LogP contribution >= 0.6 is 0 Å². The number of ether oxygens (including phenoxy) is 1. The van der Waals surface area contributed by atoms with Crippen LogP contribution in [0.25, 0.3) is 11.1 Å². The van der Waals surface area contributed by atoms with Crippen LogP contribution in [0.5, 0.6) is 0 Å². The van der Waals surface area contributed by atoms with E-state index in [-0.39, 0.29) is 12.2 Å². The van der Waals surface area contributed by atoms with Gasteiger partial charge in [-0.2, -0.15) is 22.0 Å². The lowest BCUT2D eigenvalue weighted by Crippen LogP contribution is -2.44. The van der Waals surface area contributed by atoms with Crippen molar-refractivity contribution >= 4 is 17.5 Å². The Balaban J connectivity index is 2.11. The van der Waals surface area contributed by atoms with Crippen LogP contribution in [0.4, 0.5) is 22.0 Å². The van der Waals surface area contributed by atoms with E-state index in [1.807, 2.05) is 0 Å². The Hall–Kier alpha value is -3.10. The summed E-state index contributed by atoms with van der Waals surface area (Å²) < 4.78 is 67.4. The average molecular weight is 414 g/mol. The van der Waals surface area contributed by atoms with Gasteiger partial charge in [0.25, 0.3) is 0 Å². The lowest BCUT2D eigenvalue weighted by molar-refractivity contribution is -0.268. The summed E-state index contributed by atoms with van der Waals surface area (Å²) in [6.45, 7) is 1.90. The van der Waals surface area contributed by atoms with Gasteiger partial charge in [-0.25, -0.2) is 4.79 Å². The van der Waals surface area contributed by atoms with E-state index < -0.39 is 36.1 Å². The van der Waals surface area contributed by atoms with Crippen molar-refractivity contribution in [1.29, 1.82) is 0 Å². The number of hydrogen-bond donors (Lipinski definition) is 0. The molecule has 0 saturated heterocycles. The van der Waals surface area contributed by atoms with Gasteiger partial charge in [0.15, 0.2) is 5.78 Å². The standard InChI is InChI=1S/C20H15F5O4/c1-2-29-18(28)15-9-5-13(6-10-15)12-3-7-14(8-4-12)16(26)11-17(27)19(21,22)20(23,24)25/h3-10H,2,11H2,1H3. The van der Waals surface area contributed by atoms with Crippen LogP contribution in [-0.2, 0) is 9.53 Å². The molecule has 0 aliphatic heterocycles. The maximum Gasteiger partial charge on any atom is 0.461 e. The second kappa shape index (κ2) is 8.50. The molecule has 0 radical (unpaired) electrons. The molecule has 2 aromatic carbocycles. The first-order chi connectivity index (χ1) is 13.5. The van der Waals surface area contributed by atoms with Crippen LogP contribution < -0.4 is 0 Å². The topological polar surface area (TPSA) is 60.4 Å². The van der Waals surface area contributed by atoms with Crippen LogP contribution in [0, 0.1) is 0 Å². The van der Waals surface area contributed by atoms with Gasteiger partial charge in [-0.05, 0) is 30.2 Å². The smallest absolute Gasteiger partial charge is 0.461 e. The molecule has 2 rings (SSSR count). The third kappa shape index (κ3) is 5.04. The van der Waals surface area contributed by atoms with E-state index in [4.69, 9.17) is 4.74 Å². The minimum atomic E-state index is -6.05. The quantitative estimate of drug-likeness (QED) is 0.281. The van der Waals surface area contributed by atoms with Crippen LogP contribution in [0.15, 0.2) is 48.5 Å². The summed E-state index contributed by atoms with van der Waals surface area (Å²) in [5, 5.41) is 0. The first-order valence-corrected chi connectivity index (χ1v) is 8.36. The molecule has 2 aromatic rings. The summed E-state index contributed by atoms with van der Waals surface area (Å²) >= 11 is 0. The molecular weight excluding hydrogens is 399 g/mol. The van der Waals surface area contributed by atoms with Gasteiger partial charge in [-0.1, -0.05) is 36.4 Å². The zero-order chi connectivity index (χ0) is 21.8. The van der Waals surface area contributed by atoms with Gasteiger partial charge in [-0.3, -0.25) is 9.59 Å². The van der Waals surface area contributed by atoms with E-state index in [1.165, 1.54) is 36.4 Å². The van der Waals surface area contributed by atoms with Crippen molar-refractivity contribution < 1.29 is 41.1 Å². The Morgan fingerprint density at radius 1 is 0.793 bits per heavy atom. The van der Waals surface area contributed by atoms with E-state index >= 15 is 0 Å². The normalized spacial score (nSPS) is 11.8. The number of carbonyl (C=O) groups is 3. The highest BCUT2D eigenvalue weighted by molar-refractivity contribution is 6.10. The monoisotopic (exact) mass is 414 g/mol. The number of Topliss-reactive ketones (excluding diaryl/α,β-unsaturated/α-hetero) is 2. The highest BCUT2D eigenvalue weighted by Crippen LogP contribution is 2.37. The fourth-order valence-electron chi connectivity index (χ4n) is 2.38. The Morgan fingerprint density at radius 3 is 1.66 bits per heavy atom. The molecule has 0 amide bonds. The third-order valence-corrected chi connectivity index (χ3v) is 3.96. The molecule has 0 bridgehead atoms. The van der Waals surface area contributed by atoms with Crippen molar-refractivity contribution in [3.63, 3.8) is 0 Å². The molecule has 0 atom stereocenters. The molecule has 0 spiro atoms. The van der Waals surface area contributed by atoms with Gasteiger partial charge in [0.1, 0.15) is 0 Å². The predicted octanol–water partition coefficient (Wildman–Crippen LogP) is 4.87. The van der Waals surface area contributed by atoms with Crippen LogP contribution in [0.1, 0.15) is 34.1 Å². The molecule has 0 heterocycles. The van der Waals surface area contributed by atoms with E-state index in [0.29, 0.717) is 16.7 Å². The summed E-state index contributed by atoms with van der Waals surface area (Å²) in [6.07, 6.45) is -7.62. The fourth-order valence-corrected chi connectivity index (χ4v) is 2.38. The fraction of sp³-hybridized carbons (Fsp3) is 0.250. The van der Waals surface area contributed by atoms with E-state index in [0.717, 1.165) is 0 Å². The first kappa shape index (κ1) is 22.2. The molecule has 9 heteroatoms. The Kier molecular flexibility index (Phi) is 6.51. The van der Waals surface area contributed by atoms with Crippen molar-refractivity contribution in [3.8, 4) is 11.1 Å². The molecule has 0 aliphatic rings. The Labute approximate surface area is 162 Å². The zero-order valence-corrected chi connectivity index (χ0v) is 15.1. The lowest BCUT2D eigenvalue weighted by Gasteiger charge is -2.17. The van der Waals surface area contributed by atoms with Crippen molar-refractivity contribution in [2.45, 2.75) is 25.4 Å². The third-order valence-electron chi connectivity index (χ3n) is 3.96. The molecule has 0 aromatic heterocycles. The number of alkyl halides is 5. The average Bonchev–Trinajstić information content (AvgIpc) is 2.67. The minimum absolute atomic E-state index is 0.178. The van der Waals surface area contributed by atoms with Crippen LogP contribution in [0.2, 0.25) is 0 Å². The summed E-state index contributed by atoms with van der Waals surface area (Å²) in [4.78, 5) is 34.7. The number of hydrogen-bond acceptors (Lipinski definition) is 4. The molecule has 0 saturated carbocycles. The largest absolute Gasteiger partial charge is 0.462 e. The number of benzene rings is 2. The molecule has 0 aliphatic carbocycles. The van der Waals surface area contributed by atoms with Crippen molar-refractivity contribution in [3.05, 3.63) is 59.7 Å². The van der Waals surface area contributed by atoms with Gasteiger partial charge in [0, 0.05) is 5.56 Å². The number of esters is 1. The van der Waals surface area contributed by atoms with E-state index in [2.05, 4.69) is 0 Å². The van der Waals surface area contributed by atoms with Crippen molar-refractivity contribution in [2.24, 2.45) is 0 Å². The summed E-state index contributed by atoms with van der Waals surface area (Å²) in [5.74, 6) is -9.72. The summed E-state index contributed by atoms with van der Waals surface area (Å²) in [5.41, 5.74) is 1.43. The SMILES string of the molecule is CCOC(=O)c1ccc(-c2ccc(C(=O)CC(=O)C(F)(F)C(F)(F)F)cc2)cc1.